The lowest BCUT2D eigenvalue weighted by Crippen LogP contribution is -2.55. The van der Waals surface area contributed by atoms with Crippen LogP contribution in [0.1, 0.15) is 24.5 Å². The van der Waals surface area contributed by atoms with Crippen molar-refractivity contribution in [2.24, 2.45) is 0 Å². The van der Waals surface area contributed by atoms with Crippen LogP contribution in [0.5, 0.6) is 0 Å². The highest BCUT2D eigenvalue weighted by atomic mass is 32.2. The molecule has 1 amide bonds. The van der Waals surface area contributed by atoms with Crippen molar-refractivity contribution in [2.75, 3.05) is 24.7 Å². The molecule has 1 aliphatic rings. The number of aryl methyl sites for hydroxylation is 1. The summed E-state index contributed by atoms with van der Waals surface area (Å²) >= 11 is 1.60. The minimum Gasteiger partial charge on any atom is -0.480 e. The highest BCUT2D eigenvalue weighted by Crippen LogP contribution is 2.22. The van der Waals surface area contributed by atoms with Crippen molar-refractivity contribution in [2.45, 2.75) is 44.3 Å². The molecule has 3 rings (SSSR count). The molecule has 3 atom stereocenters. The molecule has 7 nitrogen and oxygen atoms in total. The molecule has 0 radical (unpaired) electrons. The second-order valence-corrected chi connectivity index (χ2v) is 9.36. The van der Waals surface area contributed by atoms with E-state index in [4.69, 9.17) is 4.74 Å². The van der Waals surface area contributed by atoms with Gasteiger partial charge in [0.25, 0.3) is 0 Å². The Hall–Kier alpha value is -2.84. The number of ether oxygens (including phenoxy) is 1. The number of carbonyl (C=O) groups excluding carboxylic acids is 2. The number of nitrogens with zero attached hydrogens (tertiary/aromatic N) is 1. The molecule has 1 aliphatic heterocycles. The number of hydrogen-bond donors (Lipinski definition) is 2. The number of carbonyl (C=O) groups is 3. The molecule has 1 fully saturated rings. The van der Waals surface area contributed by atoms with Crippen LogP contribution < -0.4 is 5.32 Å². The van der Waals surface area contributed by atoms with E-state index >= 15 is 0 Å². The first-order chi connectivity index (χ1) is 16.5. The van der Waals surface area contributed by atoms with Gasteiger partial charge in [-0.15, -0.1) is 0 Å². The van der Waals surface area contributed by atoms with Crippen LogP contribution in [0.25, 0.3) is 0 Å². The lowest BCUT2D eigenvalue weighted by molar-refractivity contribution is -0.149. The van der Waals surface area contributed by atoms with Crippen molar-refractivity contribution in [3.8, 4) is 0 Å². The predicted octanol–water partition coefficient (Wildman–Crippen LogP) is 2.78. The molecule has 34 heavy (non-hydrogen) atoms. The average Bonchev–Trinajstić information content (AvgIpc) is 2.97. The molecule has 0 spiro atoms. The zero-order valence-corrected chi connectivity index (χ0v) is 20.2. The van der Waals surface area contributed by atoms with E-state index in [-0.39, 0.29) is 25.1 Å². The van der Waals surface area contributed by atoms with E-state index in [0.29, 0.717) is 30.8 Å². The fraction of sp³-hybridized carbons (Fsp3) is 0.423. The third-order valence-electron chi connectivity index (χ3n) is 5.77. The first-order valence-corrected chi connectivity index (χ1v) is 12.7. The molecule has 0 bridgehead atoms. The highest BCUT2D eigenvalue weighted by Gasteiger charge is 2.36. The molecular formula is C26H32N2O5S. The molecule has 2 aromatic carbocycles. The Bertz CT molecular complexity index is 941. The quantitative estimate of drug-likeness (QED) is 0.474. The number of thioether (sulfide) groups is 1. The second-order valence-electron chi connectivity index (χ2n) is 8.29. The fourth-order valence-corrected chi connectivity index (χ4v) is 5.28. The molecule has 0 aromatic heterocycles. The van der Waals surface area contributed by atoms with Crippen LogP contribution in [0.15, 0.2) is 60.7 Å². The van der Waals surface area contributed by atoms with Crippen molar-refractivity contribution in [3.05, 3.63) is 71.8 Å². The number of hydrogen-bond acceptors (Lipinski definition) is 6. The van der Waals surface area contributed by atoms with Gasteiger partial charge in [-0.3, -0.25) is 19.7 Å². The third kappa shape index (κ3) is 7.60. The standard InChI is InChI=1S/C26H32N2O5S/c1-2-33-26(32)22(14-13-19-9-5-3-6-10-19)27-23-18-34-17-21(15-20-11-7-4-8-12-20)28(25(23)31)16-24(29)30/h3-12,21-23,27H,2,13-18H2,1H3,(H,29,30)/t21-,22-,23-/m0/s1. The third-order valence-corrected chi connectivity index (χ3v) is 6.96. The van der Waals surface area contributed by atoms with Crippen molar-refractivity contribution in [1.82, 2.24) is 10.2 Å². The van der Waals surface area contributed by atoms with E-state index < -0.39 is 24.0 Å². The lowest BCUT2D eigenvalue weighted by atomic mass is 10.0. The van der Waals surface area contributed by atoms with E-state index in [9.17, 15) is 19.5 Å². The van der Waals surface area contributed by atoms with E-state index in [1.54, 1.807) is 18.7 Å². The smallest absolute Gasteiger partial charge is 0.323 e. The van der Waals surface area contributed by atoms with Gasteiger partial charge in [0.1, 0.15) is 12.6 Å². The molecule has 8 heteroatoms. The Balaban J connectivity index is 1.75. The van der Waals surface area contributed by atoms with Crippen LogP contribution in [-0.2, 0) is 32.0 Å². The summed E-state index contributed by atoms with van der Waals surface area (Å²) in [6, 6.07) is 18.0. The number of rotatable bonds is 11. The summed E-state index contributed by atoms with van der Waals surface area (Å²) in [7, 11) is 0. The van der Waals surface area contributed by atoms with Crippen LogP contribution in [-0.4, -0.2) is 70.6 Å². The summed E-state index contributed by atoms with van der Waals surface area (Å²) in [5.41, 5.74) is 2.14. The van der Waals surface area contributed by atoms with Gasteiger partial charge in [-0.2, -0.15) is 11.8 Å². The van der Waals surface area contributed by atoms with Gasteiger partial charge in [0.15, 0.2) is 0 Å². The predicted molar refractivity (Wildman–Crippen MR) is 133 cm³/mol. The number of aliphatic carboxylic acids is 1. The normalized spacial score (nSPS) is 19.3. The van der Waals surface area contributed by atoms with Gasteiger partial charge in [0, 0.05) is 17.5 Å². The zero-order valence-electron chi connectivity index (χ0n) is 19.4. The first kappa shape index (κ1) is 25.8. The summed E-state index contributed by atoms with van der Waals surface area (Å²) in [6.07, 6.45) is 1.71. The Morgan fingerprint density at radius 3 is 2.35 bits per heavy atom. The monoisotopic (exact) mass is 484 g/mol. The molecule has 2 N–H and O–H groups in total. The summed E-state index contributed by atoms with van der Waals surface area (Å²) in [6.45, 7) is 1.63. The molecule has 0 saturated carbocycles. The summed E-state index contributed by atoms with van der Waals surface area (Å²) in [5, 5.41) is 12.7. The Morgan fingerprint density at radius 2 is 1.74 bits per heavy atom. The zero-order chi connectivity index (χ0) is 24.3. The molecule has 182 valence electrons. The van der Waals surface area contributed by atoms with Crippen molar-refractivity contribution >= 4 is 29.6 Å². The average molecular weight is 485 g/mol. The molecule has 0 aliphatic carbocycles. The molecule has 1 saturated heterocycles. The van der Waals surface area contributed by atoms with E-state index in [2.05, 4.69) is 5.32 Å². The van der Waals surface area contributed by atoms with Gasteiger partial charge >= 0.3 is 11.9 Å². The highest BCUT2D eigenvalue weighted by molar-refractivity contribution is 7.99. The van der Waals surface area contributed by atoms with Crippen LogP contribution in [0.4, 0.5) is 0 Å². The number of carboxylic acids is 1. The van der Waals surface area contributed by atoms with Gasteiger partial charge < -0.3 is 14.7 Å². The minimum atomic E-state index is -1.05. The van der Waals surface area contributed by atoms with Gasteiger partial charge in [0.05, 0.1) is 12.6 Å². The number of amides is 1. The van der Waals surface area contributed by atoms with Gasteiger partial charge in [0.2, 0.25) is 5.91 Å². The number of carboxylic acid groups (broad SMARTS) is 1. The first-order valence-electron chi connectivity index (χ1n) is 11.6. The van der Waals surface area contributed by atoms with Crippen LogP contribution in [0.3, 0.4) is 0 Å². The van der Waals surface area contributed by atoms with E-state index in [0.717, 1.165) is 11.1 Å². The van der Waals surface area contributed by atoms with Crippen LogP contribution in [0.2, 0.25) is 0 Å². The van der Waals surface area contributed by atoms with Gasteiger partial charge in [-0.05, 0) is 37.3 Å². The number of benzene rings is 2. The minimum absolute atomic E-state index is 0.242. The largest absolute Gasteiger partial charge is 0.480 e. The molecular weight excluding hydrogens is 452 g/mol. The maximum atomic E-state index is 13.5. The topological polar surface area (TPSA) is 95.9 Å². The Labute approximate surface area is 204 Å². The second kappa shape index (κ2) is 13.2. The van der Waals surface area contributed by atoms with Crippen molar-refractivity contribution in [3.63, 3.8) is 0 Å². The van der Waals surface area contributed by atoms with Crippen LogP contribution in [0, 0.1) is 0 Å². The number of esters is 1. The molecule has 1 heterocycles. The summed E-state index contributed by atoms with van der Waals surface area (Å²) in [5.74, 6) is -0.654. The lowest BCUT2D eigenvalue weighted by Gasteiger charge is -2.31. The maximum Gasteiger partial charge on any atom is 0.323 e. The van der Waals surface area contributed by atoms with Gasteiger partial charge in [-0.1, -0.05) is 60.7 Å². The SMILES string of the molecule is CCOC(=O)[C@H](CCc1ccccc1)N[C@H]1CSC[C@H](Cc2ccccc2)N(CC(=O)O)C1=O. The number of nitrogens with one attached hydrogen (secondary N) is 1. The Morgan fingerprint density at radius 1 is 1.09 bits per heavy atom. The maximum absolute atomic E-state index is 13.5. The van der Waals surface area contributed by atoms with E-state index in [1.807, 2.05) is 60.7 Å². The van der Waals surface area contributed by atoms with Crippen molar-refractivity contribution in [1.29, 1.82) is 0 Å². The Kier molecular flexibility index (Phi) is 9.97. The summed E-state index contributed by atoms with van der Waals surface area (Å²) in [4.78, 5) is 39.3. The molecule has 2 aromatic rings. The summed E-state index contributed by atoms with van der Waals surface area (Å²) < 4.78 is 5.26. The molecule has 0 unspecified atom stereocenters. The van der Waals surface area contributed by atoms with E-state index in [1.165, 1.54) is 4.90 Å². The van der Waals surface area contributed by atoms with Gasteiger partial charge in [-0.25, -0.2) is 0 Å². The van der Waals surface area contributed by atoms with Crippen molar-refractivity contribution < 1.29 is 24.2 Å². The van der Waals surface area contributed by atoms with Crippen LogP contribution >= 0.6 is 11.8 Å². The fourth-order valence-electron chi connectivity index (χ4n) is 4.10.